The number of carbonyl (C=O) groups is 2. The molecule has 1 fully saturated rings. The molecule has 0 bridgehead atoms. The summed E-state index contributed by atoms with van der Waals surface area (Å²) in [5, 5.41) is 11.9. The first-order chi connectivity index (χ1) is 9.56. The van der Waals surface area contributed by atoms with Gasteiger partial charge in [-0.15, -0.1) is 0 Å². The quantitative estimate of drug-likeness (QED) is 0.829. The van der Waals surface area contributed by atoms with Gasteiger partial charge in [-0.2, -0.15) is 0 Å². The van der Waals surface area contributed by atoms with Crippen LogP contribution in [-0.4, -0.2) is 53.1 Å². The normalized spacial score (nSPS) is 17.1. The Morgan fingerprint density at radius 2 is 2.10 bits per heavy atom. The summed E-state index contributed by atoms with van der Waals surface area (Å²) < 4.78 is 1.45. The van der Waals surface area contributed by atoms with Gasteiger partial charge in [0.2, 0.25) is 5.91 Å². The number of nitrogens with zero attached hydrogens (tertiary/aromatic N) is 2. The summed E-state index contributed by atoms with van der Waals surface area (Å²) in [6.45, 7) is 2.88. The minimum atomic E-state index is -1.02. The lowest BCUT2D eigenvalue weighted by molar-refractivity contribution is -0.121. The van der Waals surface area contributed by atoms with Gasteiger partial charge in [0.15, 0.2) is 0 Å². The molecule has 1 aliphatic heterocycles. The number of hydrogen-bond donors (Lipinski definition) is 2. The molecule has 2 rings (SSSR count). The third-order valence-corrected chi connectivity index (χ3v) is 3.79. The molecule has 0 unspecified atom stereocenters. The summed E-state index contributed by atoms with van der Waals surface area (Å²) in [6, 6.07) is 3.13. The molecule has 20 heavy (non-hydrogen) atoms. The molecule has 0 atom stereocenters. The van der Waals surface area contributed by atoms with E-state index < -0.39 is 5.97 Å². The van der Waals surface area contributed by atoms with Crippen molar-refractivity contribution in [2.75, 3.05) is 26.7 Å². The molecule has 0 aliphatic carbocycles. The first-order valence-corrected chi connectivity index (χ1v) is 6.90. The summed E-state index contributed by atoms with van der Waals surface area (Å²) in [6.07, 6.45) is 3.81. The fourth-order valence-corrected chi connectivity index (χ4v) is 2.48. The maximum atomic E-state index is 11.9. The molecule has 1 aliphatic rings. The molecule has 110 valence electrons. The second-order valence-electron chi connectivity index (χ2n) is 5.38. The maximum Gasteiger partial charge on any atom is 0.352 e. The number of carboxylic acids is 1. The summed E-state index contributed by atoms with van der Waals surface area (Å²) in [4.78, 5) is 25.1. The number of hydrogen-bond acceptors (Lipinski definition) is 3. The third kappa shape index (κ3) is 3.84. The van der Waals surface area contributed by atoms with Gasteiger partial charge in [0.25, 0.3) is 0 Å². The zero-order valence-electron chi connectivity index (χ0n) is 11.7. The number of aromatic carboxylic acids is 1. The highest BCUT2D eigenvalue weighted by Gasteiger charge is 2.17. The number of likely N-dealkylation sites (tertiary alicyclic amines) is 1. The van der Waals surface area contributed by atoms with Gasteiger partial charge in [-0.05, 0) is 51.0 Å². The van der Waals surface area contributed by atoms with Crippen LogP contribution in [0, 0.1) is 5.92 Å². The zero-order valence-corrected chi connectivity index (χ0v) is 11.7. The summed E-state index contributed by atoms with van der Waals surface area (Å²) in [7, 11) is 2.11. The molecule has 1 amide bonds. The standard InChI is InChI=1S/C14H21N3O3/c1-16-7-4-11(5-8-16)9-15-13(18)10-17-6-2-3-12(17)14(19)20/h2-3,6,11H,4-5,7-10H2,1H3,(H,15,18)(H,19,20). The molecule has 1 aromatic rings. The smallest absolute Gasteiger partial charge is 0.352 e. The van der Waals surface area contributed by atoms with Crippen LogP contribution >= 0.6 is 0 Å². The molecule has 0 saturated carbocycles. The highest BCUT2D eigenvalue weighted by atomic mass is 16.4. The van der Waals surface area contributed by atoms with Crippen molar-refractivity contribution < 1.29 is 14.7 Å². The van der Waals surface area contributed by atoms with Crippen LogP contribution in [0.4, 0.5) is 0 Å². The van der Waals surface area contributed by atoms with Gasteiger partial charge in [0.1, 0.15) is 12.2 Å². The minimum absolute atomic E-state index is 0.0568. The molecule has 0 spiro atoms. The van der Waals surface area contributed by atoms with E-state index in [0.29, 0.717) is 12.5 Å². The van der Waals surface area contributed by atoms with E-state index in [1.54, 1.807) is 12.3 Å². The lowest BCUT2D eigenvalue weighted by atomic mass is 9.97. The van der Waals surface area contributed by atoms with E-state index in [0.717, 1.165) is 25.9 Å². The second kappa shape index (κ2) is 6.56. The average molecular weight is 279 g/mol. The summed E-state index contributed by atoms with van der Waals surface area (Å²) in [5.41, 5.74) is 0.138. The van der Waals surface area contributed by atoms with Crippen LogP contribution < -0.4 is 5.32 Å². The van der Waals surface area contributed by atoms with Crippen molar-refractivity contribution in [1.82, 2.24) is 14.8 Å². The van der Waals surface area contributed by atoms with E-state index in [-0.39, 0.29) is 18.1 Å². The molecule has 1 aromatic heterocycles. The van der Waals surface area contributed by atoms with Gasteiger partial charge in [-0.1, -0.05) is 0 Å². The van der Waals surface area contributed by atoms with Crippen molar-refractivity contribution in [2.24, 2.45) is 5.92 Å². The average Bonchev–Trinajstić information content (AvgIpc) is 2.86. The molecule has 0 aromatic carbocycles. The van der Waals surface area contributed by atoms with Crippen molar-refractivity contribution in [3.8, 4) is 0 Å². The van der Waals surface area contributed by atoms with Crippen molar-refractivity contribution in [2.45, 2.75) is 19.4 Å². The number of carboxylic acid groups (broad SMARTS) is 1. The lowest BCUT2D eigenvalue weighted by Gasteiger charge is -2.28. The molecular weight excluding hydrogens is 258 g/mol. The van der Waals surface area contributed by atoms with E-state index in [4.69, 9.17) is 5.11 Å². The highest BCUT2D eigenvalue weighted by molar-refractivity contribution is 5.86. The van der Waals surface area contributed by atoms with Gasteiger partial charge in [0.05, 0.1) is 0 Å². The van der Waals surface area contributed by atoms with Crippen LogP contribution in [-0.2, 0) is 11.3 Å². The van der Waals surface area contributed by atoms with E-state index in [9.17, 15) is 9.59 Å². The predicted octanol–water partition coefficient (Wildman–Crippen LogP) is 0.644. The van der Waals surface area contributed by atoms with Crippen LogP contribution in [0.25, 0.3) is 0 Å². The van der Waals surface area contributed by atoms with E-state index in [1.165, 1.54) is 10.6 Å². The van der Waals surface area contributed by atoms with Crippen molar-refractivity contribution in [3.05, 3.63) is 24.0 Å². The fourth-order valence-electron chi connectivity index (χ4n) is 2.48. The Bertz CT molecular complexity index is 476. The van der Waals surface area contributed by atoms with E-state index in [1.807, 2.05) is 0 Å². The SMILES string of the molecule is CN1CCC(CNC(=O)Cn2cccc2C(=O)O)CC1. The summed E-state index contributed by atoms with van der Waals surface area (Å²) >= 11 is 0. The number of nitrogens with one attached hydrogen (secondary N) is 1. The largest absolute Gasteiger partial charge is 0.477 e. The van der Waals surface area contributed by atoms with E-state index in [2.05, 4.69) is 17.3 Å². The molecule has 1 saturated heterocycles. The van der Waals surface area contributed by atoms with Crippen LogP contribution in [0.3, 0.4) is 0 Å². The number of piperidine rings is 1. The Hall–Kier alpha value is -1.82. The Labute approximate surface area is 118 Å². The van der Waals surface area contributed by atoms with Gasteiger partial charge in [-0.3, -0.25) is 4.79 Å². The topological polar surface area (TPSA) is 74.6 Å². The Kier molecular flexibility index (Phi) is 4.79. The molecule has 2 heterocycles. The highest BCUT2D eigenvalue weighted by Crippen LogP contribution is 2.14. The summed E-state index contributed by atoms with van der Waals surface area (Å²) in [5.74, 6) is -0.625. The molecule has 0 radical (unpaired) electrons. The number of amides is 1. The van der Waals surface area contributed by atoms with Crippen molar-refractivity contribution in [1.29, 1.82) is 0 Å². The maximum absolute atomic E-state index is 11.9. The van der Waals surface area contributed by atoms with Crippen LogP contribution in [0.5, 0.6) is 0 Å². The third-order valence-electron chi connectivity index (χ3n) is 3.79. The predicted molar refractivity (Wildman–Crippen MR) is 74.6 cm³/mol. The minimum Gasteiger partial charge on any atom is -0.477 e. The number of carbonyl (C=O) groups excluding carboxylic acids is 1. The molecule has 6 heteroatoms. The Morgan fingerprint density at radius 3 is 2.75 bits per heavy atom. The van der Waals surface area contributed by atoms with Gasteiger partial charge in [-0.25, -0.2) is 4.79 Å². The lowest BCUT2D eigenvalue weighted by Crippen LogP contribution is -2.38. The number of aromatic nitrogens is 1. The number of rotatable bonds is 5. The molecule has 2 N–H and O–H groups in total. The van der Waals surface area contributed by atoms with Crippen LogP contribution in [0.1, 0.15) is 23.3 Å². The van der Waals surface area contributed by atoms with Crippen molar-refractivity contribution in [3.63, 3.8) is 0 Å². The first-order valence-electron chi connectivity index (χ1n) is 6.90. The first kappa shape index (κ1) is 14.6. The second-order valence-corrected chi connectivity index (χ2v) is 5.38. The van der Waals surface area contributed by atoms with Crippen LogP contribution in [0.15, 0.2) is 18.3 Å². The fraction of sp³-hybridized carbons (Fsp3) is 0.571. The van der Waals surface area contributed by atoms with Gasteiger partial charge < -0.3 is 19.9 Å². The van der Waals surface area contributed by atoms with E-state index >= 15 is 0 Å². The Morgan fingerprint density at radius 1 is 1.40 bits per heavy atom. The monoisotopic (exact) mass is 279 g/mol. The van der Waals surface area contributed by atoms with Crippen molar-refractivity contribution >= 4 is 11.9 Å². The Balaban J connectivity index is 1.78. The van der Waals surface area contributed by atoms with Crippen LogP contribution in [0.2, 0.25) is 0 Å². The molecular formula is C14H21N3O3. The molecule has 6 nitrogen and oxygen atoms in total. The zero-order chi connectivity index (χ0) is 14.5. The van der Waals surface area contributed by atoms with Gasteiger partial charge in [0, 0.05) is 12.7 Å². The van der Waals surface area contributed by atoms with Gasteiger partial charge >= 0.3 is 5.97 Å².